The van der Waals surface area contributed by atoms with E-state index in [9.17, 15) is 0 Å². The molecule has 1 heterocycles. The van der Waals surface area contributed by atoms with Gasteiger partial charge in [0.15, 0.2) is 0 Å². The standard InChI is InChI=1S/C9H11N3O/c1-12-8-4-2-3-7(5-6-13)9(8)10-11-12/h2-4,13H,5-6H2,1H3. The molecular weight excluding hydrogens is 166 g/mol. The molecule has 0 aliphatic carbocycles. The van der Waals surface area contributed by atoms with Crippen LogP contribution in [0.25, 0.3) is 11.0 Å². The number of aromatic nitrogens is 3. The highest BCUT2D eigenvalue weighted by Crippen LogP contribution is 2.15. The molecular formula is C9H11N3O. The molecule has 0 bridgehead atoms. The van der Waals surface area contributed by atoms with Gasteiger partial charge in [-0.1, -0.05) is 17.3 Å². The van der Waals surface area contributed by atoms with E-state index in [0.717, 1.165) is 16.6 Å². The molecule has 4 heteroatoms. The quantitative estimate of drug-likeness (QED) is 0.726. The Hall–Kier alpha value is -1.42. The maximum atomic E-state index is 8.83. The summed E-state index contributed by atoms with van der Waals surface area (Å²) in [5.74, 6) is 0. The number of aryl methyl sites for hydroxylation is 1. The summed E-state index contributed by atoms with van der Waals surface area (Å²) < 4.78 is 1.73. The Morgan fingerprint density at radius 3 is 3.08 bits per heavy atom. The van der Waals surface area contributed by atoms with Crippen LogP contribution in [0.4, 0.5) is 0 Å². The largest absolute Gasteiger partial charge is 0.396 e. The average Bonchev–Trinajstić information content (AvgIpc) is 2.50. The number of hydrogen-bond acceptors (Lipinski definition) is 3. The van der Waals surface area contributed by atoms with E-state index in [0.29, 0.717) is 6.42 Å². The molecule has 1 N–H and O–H groups in total. The van der Waals surface area contributed by atoms with Crippen LogP contribution in [0.5, 0.6) is 0 Å². The summed E-state index contributed by atoms with van der Waals surface area (Å²) in [7, 11) is 1.86. The SMILES string of the molecule is Cn1nnc2c(CCO)cccc21. The molecule has 1 aromatic heterocycles. The zero-order chi connectivity index (χ0) is 9.26. The molecule has 1 aromatic carbocycles. The molecule has 0 unspecified atom stereocenters. The van der Waals surface area contributed by atoms with E-state index in [4.69, 9.17) is 5.11 Å². The van der Waals surface area contributed by atoms with Crippen LogP contribution in [0, 0.1) is 0 Å². The van der Waals surface area contributed by atoms with Crippen LogP contribution < -0.4 is 0 Å². The first kappa shape index (κ1) is 8.19. The summed E-state index contributed by atoms with van der Waals surface area (Å²) in [5, 5.41) is 16.8. The van der Waals surface area contributed by atoms with Crippen LogP contribution >= 0.6 is 0 Å². The minimum absolute atomic E-state index is 0.148. The van der Waals surface area contributed by atoms with Gasteiger partial charge in [0.2, 0.25) is 0 Å². The highest BCUT2D eigenvalue weighted by atomic mass is 16.2. The monoisotopic (exact) mass is 177 g/mol. The fraction of sp³-hybridized carbons (Fsp3) is 0.333. The van der Waals surface area contributed by atoms with E-state index >= 15 is 0 Å². The first-order valence-electron chi connectivity index (χ1n) is 4.21. The van der Waals surface area contributed by atoms with Crippen molar-refractivity contribution in [3.05, 3.63) is 23.8 Å². The van der Waals surface area contributed by atoms with Crippen molar-refractivity contribution in [2.45, 2.75) is 6.42 Å². The van der Waals surface area contributed by atoms with E-state index in [-0.39, 0.29) is 6.61 Å². The van der Waals surface area contributed by atoms with Gasteiger partial charge in [0.1, 0.15) is 5.52 Å². The van der Waals surface area contributed by atoms with Crippen molar-refractivity contribution >= 4 is 11.0 Å². The van der Waals surface area contributed by atoms with Gasteiger partial charge < -0.3 is 5.11 Å². The normalized spacial score (nSPS) is 10.9. The van der Waals surface area contributed by atoms with Gasteiger partial charge in [-0.05, 0) is 18.1 Å². The molecule has 0 fully saturated rings. The lowest BCUT2D eigenvalue weighted by Crippen LogP contribution is -1.92. The molecule has 0 aliphatic heterocycles. The van der Waals surface area contributed by atoms with Crippen LogP contribution in [-0.2, 0) is 13.5 Å². The molecule has 13 heavy (non-hydrogen) atoms. The predicted molar refractivity (Wildman–Crippen MR) is 49.3 cm³/mol. The van der Waals surface area contributed by atoms with Crippen molar-refractivity contribution in [3.63, 3.8) is 0 Å². The van der Waals surface area contributed by atoms with Gasteiger partial charge in [0, 0.05) is 13.7 Å². The van der Waals surface area contributed by atoms with Gasteiger partial charge in [-0.15, -0.1) is 5.10 Å². The summed E-state index contributed by atoms with van der Waals surface area (Å²) in [6.45, 7) is 0.148. The molecule has 68 valence electrons. The lowest BCUT2D eigenvalue weighted by molar-refractivity contribution is 0.300. The number of aliphatic hydroxyl groups is 1. The predicted octanol–water partition coefficient (Wildman–Crippen LogP) is 0.503. The highest BCUT2D eigenvalue weighted by molar-refractivity contribution is 5.77. The topological polar surface area (TPSA) is 50.9 Å². The van der Waals surface area contributed by atoms with Gasteiger partial charge >= 0.3 is 0 Å². The van der Waals surface area contributed by atoms with E-state index in [1.807, 2.05) is 25.2 Å². The second kappa shape index (κ2) is 3.14. The number of fused-ring (bicyclic) bond motifs is 1. The van der Waals surface area contributed by atoms with Crippen molar-refractivity contribution in [1.29, 1.82) is 0 Å². The van der Waals surface area contributed by atoms with Crippen molar-refractivity contribution in [3.8, 4) is 0 Å². The highest BCUT2D eigenvalue weighted by Gasteiger charge is 2.05. The molecule has 2 aromatic rings. The van der Waals surface area contributed by atoms with Crippen molar-refractivity contribution in [2.75, 3.05) is 6.61 Å². The lowest BCUT2D eigenvalue weighted by atomic mass is 10.1. The summed E-state index contributed by atoms with van der Waals surface area (Å²) in [4.78, 5) is 0. The summed E-state index contributed by atoms with van der Waals surface area (Å²) in [6.07, 6.45) is 0.635. The summed E-state index contributed by atoms with van der Waals surface area (Å²) in [6, 6.07) is 5.89. The Morgan fingerprint density at radius 2 is 2.31 bits per heavy atom. The Morgan fingerprint density at radius 1 is 1.46 bits per heavy atom. The van der Waals surface area contributed by atoms with Crippen molar-refractivity contribution in [2.24, 2.45) is 7.05 Å². The Kier molecular flexibility index (Phi) is 1.98. The van der Waals surface area contributed by atoms with Crippen LogP contribution in [-0.4, -0.2) is 26.7 Å². The first-order valence-corrected chi connectivity index (χ1v) is 4.21. The Bertz CT molecular complexity index is 422. The molecule has 0 atom stereocenters. The van der Waals surface area contributed by atoms with Gasteiger partial charge in [-0.2, -0.15) is 0 Å². The van der Waals surface area contributed by atoms with Crippen LogP contribution in [0.2, 0.25) is 0 Å². The number of benzene rings is 1. The van der Waals surface area contributed by atoms with Crippen LogP contribution in [0.15, 0.2) is 18.2 Å². The van der Waals surface area contributed by atoms with Gasteiger partial charge in [0.25, 0.3) is 0 Å². The molecule has 0 aliphatic rings. The average molecular weight is 177 g/mol. The number of aliphatic hydroxyl groups excluding tert-OH is 1. The second-order valence-corrected chi connectivity index (χ2v) is 2.97. The molecule has 0 saturated carbocycles. The summed E-state index contributed by atoms with van der Waals surface area (Å²) >= 11 is 0. The molecule has 0 spiro atoms. The number of rotatable bonds is 2. The molecule has 2 rings (SSSR count). The Balaban J connectivity index is 2.63. The van der Waals surface area contributed by atoms with E-state index < -0.39 is 0 Å². The zero-order valence-electron chi connectivity index (χ0n) is 7.44. The third-order valence-electron chi connectivity index (χ3n) is 2.11. The van der Waals surface area contributed by atoms with Crippen molar-refractivity contribution in [1.82, 2.24) is 15.0 Å². The van der Waals surface area contributed by atoms with Gasteiger partial charge in [-0.25, -0.2) is 4.68 Å². The van der Waals surface area contributed by atoms with Gasteiger partial charge in [0.05, 0.1) is 5.52 Å². The van der Waals surface area contributed by atoms with Crippen LogP contribution in [0.1, 0.15) is 5.56 Å². The fourth-order valence-corrected chi connectivity index (χ4v) is 1.44. The maximum Gasteiger partial charge on any atom is 0.116 e. The molecule has 0 amide bonds. The van der Waals surface area contributed by atoms with Crippen molar-refractivity contribution < 1.29 is 5.11 Å². The lowest BCUT2D eigenvalue weighted by Gasteiger charge is -1.98. The molecule has 4 nitrogen and oxygen atoms in total. The third kappa shape index (κ3) is 1.29. The van der Waals surface area contributed by atoms with E-state index in [2.05, 4.69) is 10.3 Å². The minimum Gasteiger partial charge on any atom is -0.396 e. The first-order chi connectivity index (χ1) is 6.33. The number of hydrogen-bond donors (Lipinski definition) is 1. The van der Waals surface area contributed by atoms with Gasteiger partial charge in [-0.3, -0.25) is 0 Å². The second-order valence-electron chi connectivity index (χ2n) is 2.97. The fourth-order valence-electron chi connectivity index (χ4n) is 1.44. The summed E-state index contributed by atoms with van der Waals surface area (Å²) in [5.41, 5.74) is 2.94. The molecule has 0 saturated heterocycles. The zero-order valence-corrected chi connectivity index (χ0v) is 7.44. The van der Waals surface area contributed by atoms with Crippen LogP contribution in [0.3, 0.4) is 0 Å². The minimum atomic E-state index is 0.148. The Labute approximate surface area is 75.8 Å². The van der Waals surface area contributed by atoms with E-state index in [1.165, 1.54) is 0 Å². The number of nitrogens with zero attached hydrogens (tertiary/aromatic N) is 3. The third-order valence-corrected chi connectivity index (χ3v) is 2.11. The smallest absolute Gasteiger partial charge is 0.116 e. The van der Waals surface area contributed by atoms with E-state index in [1.54, 1.807) is 4.68 Å². The molecule has 0 radical (unpaired) electrons. The maximum absolute atomic E-state index is 8.83.